The predicted octanol–water partition coefficient (Wildman–Crippen LogP) is 4.54. The van der Waals surface area contributed by atoms with Gasteiger partial charge in [-0.05, 0) is 48.6 Å². The SMILES string of the molecule is CC(C)CN(CC(=O)N(Cc1ccc2c(c1)OCO2)Cc1ccco1)C(=O)NC1CCCCC1. The molecule has 1 aliphatic carbocycles. The van der Waals surface area contributed by atoms with Crippen LogP contribution in [-0.4, -0.2) is 47.7 Å². The third-order valence-corrected chi connectivity index (χ3v) is 6.22. The van der Waals surface area contributed by atoms with Crippen molar-refractivity contribution in [3.63, 3.8) is 0 Å². The van der Waals surface area contributed by atoms with E-state index in [2.05, 4.69) is 19.2 Å². The molecule has 8 heteroatoms. The van der Waals surface area contributed by atoms with Crippen LogP contribution in [0.2, 0.25) is 0 Å². The molecule has 1 aromatic heterocycles. The number of hydrogen-bond acceptors (Lipinski definition) is 5. The van der Waals surface area contributed by atoms with E-state index in [9.17, 15) is 9.59 Å². The van der Waals surface area contributed by atoms with Gasteiger partial charge in [0.1, 0.15) is 12.3 Å². The zero-order chi connectivity index (χ0) is 23.9. The molecule has 0 bridgehead atoms. The highest BCUT2D eigenvalue weighted by Gasteiger charge is 2.26. The lowest BCUT2D eigenvalue weighted by Crippen LogP contribution is -2.50. The fourth-order valence-electron chi connectivity index (χ4n) is 4.52. The van der Waals surface area contributed by atoms with Crippen molar-refractivity contribution in [2.45, 2.75) is 65.1 Å². The topological polar surface area (TPSA) is 84.2 Å². The molecule has 1 aromatic carbocycles. The molecule has 1 aliphatic heterocycles. The standard InChI is InChI=1S/C26H35N3O5/c1-19(2)14-29(26(31)27-21-7-4-3-5-8-21)17-25(30)28(16-22-9-6-12-32-22)15-20-10-11-23-24(13-20)34-18-33-23/h6,9-13,19,21H,3-5,7-8,14-18H2,1-2H3,(H,27,31). The first-order chi connectivity index (χ1) is 16.5. The molecule has 2 heterocycles. The number of urea groups is 1. The van der Waals surface area contributed by atoms with Crippen molar-refractivity contribution in [2.75, 3.05) is 19.9 Å². The molecule has 0 atom stereocenters. The number of nitrogens with one attached hydrogen (secondary N) is 1. The van der Waals surface area contributed by atoms with Crippen LogP contribution in [0.5, 0.6) is 11.5 Å². The minimum Gasteiger partial charge on any atom is -0.467 e. The largest absolute Gasteiger partial charge is 0.467 e. The first-order valence-corrected chi connectivity index (χ1v) is 12.2. The summed E-state index contributed by atoms with van der Waals surface area (Å²) in [4.78, 5) is 30.0. The zero-order valence-electron chi connectivity index (χ0n) is 20.1. The molecule has 3 amide bonds. The second kappa shape index (κ2) is 11.3. The number of amides is 3. The van der Waals surface area contributed by atoms with E-state index in [4.69, 9.17) is 13.9 Å². The third kappa shape index (κ3) is 6.46. The molecule has 2 aromatic rings. The average Bonchev–Trinajstić information content (AvgIpc) is 3.50. The number of hydrogen-bond donors (Lipinski definition) is 1. The Bertz CT molecular complexity index is 953. The Morgan fingerprint density at radius 2 is 1.82 bits per heavy atom. The molecule has 1 fully saturated rings. The highest BCUT2D eigenvalue weighted by Crippen LogP contribution is 2.33. The highest BCUT2D eigenvalue weighted by molar-refractivity contribution is 5.84. The van der Waals surface area contributed by atoms with Gasteiger partial charge in [0.15, 0.2) is 11.5 Å². The summed E-state index contributed by atoms with van der Waals surface area (Å²) in [6.45, 7) is 5.53. The molecular weight excluding hydrogens is 434 g/mol. The number of fused-ring (bicyclic) bond motifs is 1. The molecule has 1 saturated carbocycles. The maximum Gasteiger partial charge on any atom is 0.318 e. The molecular formula is C26H35N3O5. The lowest BCUT2D eigenvalue weighted by molar-refractivity contribution is -0.133. The van der Waals surface area contributed by atoms with Gasteiger partial charge in [-0.15, -0.1) is 0 Å². The van der Waals surface area contributed by atoms with Crippen LogP contribution < -0.4 is 14.8 Å². The van der Waals surface area contributed by atoms with Gasteiger partial charge in [-0.2, -0.15) is 0 Å². The fraction of sp³-hybridized carbons (Fsp3) is 0.538. The molecule has 0 spiro atoms. The van der Waals surface area contributed by atoms with Crippen LogP contribution in [0.3, 0.4) is 0 Å². The third-order valence-electron chi connectivity index (χ3n) is 6.22. The molecule has 1 N–H and O–H groups in total. The van der Waals surface area contributed by atoms with Crippen molar-refractivity contribution in [3.05, 3.63) is 47.9 Å². The summed E-state index contributed by atoms with van der Waals surface area (Å²) in [5.41, 5.74) is 0.922. The maximum atomic E-state index is 13.5. The maximum absolute atomic E-state index is 13.5. The summed E-state index contributed by atoms with van der Waals surface area (Å²) in [6.07, 6.45) is 7.11. The average molecular weight is 470 g/mol. The fourth-order valence-corrected chi connectivity index (χ4v) is 4.52. The predicted molar refractivity (Wildman–Crippen MR) is 127 cm³/mol. The Kier molecular flexibility index (Phi) is 7.98. The Hall–Kier alpha value is -3.16. The van der Waals surface area contributed by atoms with Gasteiger partial charge in [0.05, 0.1) is 12.8 Å². The minimum atomic E-state index is -0.157. The summed E-state index contributed by atoms with van der Waals surface area (Å²) in [5.74, 6) is 2.19. The van der Waals surface area contributed by atoms with Gasteiger partial charge in [-0.25, -0.2) is 4.79 Å². The van der Waals surface area contributed by atoms with Crippen LogP contribution in [-0.2, 0) is 17.9 Å². The smallest absolute Gasteiger partial charge is 0.318 e. The summed E-state index contributed by atoms with van der Waals surface area (Å²) in [5, 5.41) is 3.16. The van der Waals surface area contributed by atoms with Crippen molar-refractivity contribution in [2.24, 2.45) is 5.92 Å². The molecule has 0 unspecified atom stereocenters. The molecule has 34 heavy (non-hydrogen) atoms. The number of ether oxygens (including phenoxy) is 2. The van der Waals surface area contributed by atoms with E-state index in [1.54, 1.807) is 22.1 Å². The van der Waals surface area contributed by atoms with E-state index in [1.807, 2.05) is 24.3 Å². The Morgan fingerprint density at radius 1 is 1.03 bits per heavy atom. The van der Waals surface area contributed by atoms with Crippen LogP contribution in [0, 0.1) is 5.92 Å². The van der Waals surface area contributed by atoms with E-state index in [1.165, 1.54) is 6.42 Å². The number of furan rings is 1. The summed E-state index contributed by atoms with van der Waals surface area (Å²) < 4.78 is 16.4. The molecule has 8 nitrogen and oxygen atoms in total. The number of benzene rings is 1. The molecule has 4 rings (SSSR count). The Balaban J connectivity index is 1.46. The molecule has 0 radical (unpaired) electrons. The van der Waals surface area contributed by atoms with Crippen LogP contribution >= 0.6 is 0 Å². The van der Waals surface area contributed by atoms with Crippen molar-refractivity contribution < 1.29 is 23.5 Å². The van der Waals surface area contributed by atoms with E-state index in [0.717, 1.165) is 31.2 Å². The first kappa shape index (κ1) is 24.0. The van der Waals surface area contributed by atoms with E-state index >= 15 is 0 Å². The first-order valence-electron chi connectivity index (χ1n) is 12.2. The van der Waals surface area contributed by atoms with Crippen LogP contribution in [0.25, 0.3) is 0 Å². The monoisotopic (exact) mass is 469 g/mol. The van der Waals surface area contributed by atoms with Crippen LogP contribution in [0.1, 0.15) is 57.3 Å². The van der Waals surface area contributed by atoms with Gasteiger partial charge < -0.3 is 29.0 Å². The summed E-state index contributed by atoms with van der Waals surface area (Å²) >= 11 is 0. The van der Waals surface area contributed by atoms with Gasteiger partial charge in [0.25, 0.3) is 0 Å². The van der Waals surface area contributed by atoms with Gasteiger partial charge in [0.2, 0.25) is 12.7 Å². The summed E-state index contributed by atoms with van der Waals surface area (Å²) in [7, 11) is 0. The second-order valence-electron chi connectivity index (χ2n) is 9.58. The summed E-state index contributed by atoms with van der Waals surface area (Å²) in [6, 6.07) is 9.37. The quantitative estimate of drug-likeness (QED) is 0.583. The van der Waals surface area contributed by atoms with E-state index in [-0.39, 0.29) is 37.2 Å². The van der Waals surface area contributed by atoms with Crippen molar-refractivity contribution >= 4 is 11.9 Å². The van der Waals surface area contributed by atoms with E-state index < -0.39 is 0 Å². The van der Waals surface area contributed by atoms with Crippen LogP contribution in [0.15, 0.2) is 41.0 Å². The lowest BCUT2D eigenvalue weighted by Gasteiger charge is -2.31. The normalized spacial score (nSPS) is 15.4. The Labute approximate surface area is 201 Å². The van der Waals surface area contributed by atoms with Gasteiger partial charge in [0, 0.05) is 19.1 Å². The van der Waals surface area contributed by atoms with Gasteiger partial charge in [-0.3, -0.25) is 4.79 Å². The van der Waals surface area contributed by atoms with Gasteiger partial charge >= 0.3 is 6.03 Å². The highest BCUT2D eigenvalue weighted by atomic mass is 16.7. The molecule has 0 saturated heterocycles. The zero-order valence-corrected chi connectivity index (χ0v) is 20.1. The van der Waals surface area contributed by atoms with Crippen molar-refractivity contribution in [3.8, 4) is 11.5 Å². The van der Waals surface area contributed by atoms with Crippen molar-refractivity contribution in [1.82, 2.24) is 15.1 Å². The lowest BCUT2D eigenvalue weighted by atomic mass is 9.96. The number of rotatable bonds is 9. The van der Waals surface area contributed by atoms with Crippen LogP contribution in [0.4, 0.5) is 4.79 Å². The number of carbonyl (C=O) groups is 2. The molecule has 184 valence electrons. The van der Waals surface area contributed by atoms with Gasteiger partial charge in [-0.1, -0.05) is 39.2 Å². The number of carbonyl (C=O) groups excluding carboxylic acids is 2. The van der Waals surface area contributed by atoms with Crippen molar-refractivity contribution in [1.29, 1.82) is 0 Å². The number of nitrogens with zero attached hydrogens (tertiary/aromatic N) is 2. The molecule has 2 aliphatic rings. The second-order valence-corrected chi connectivity index (χ2v) is 9.58. The minimum absolute atomic E-state index is 0.0159. The van der Waals surface area contributed by atoms with E-state index in [0.29, 0.717) is 36.9 Å². The Morgan fingerprint density at radius 3 is 2.56 bits per heavy atom.